The van der Waals surface area contributed by atoms with Gasteiger partial charge in [-0.2, -0.15) is 0 Å². The quantitative estimate of drug-likeness (QED) is 0.478. The fraction of sp³-hybridized carbons (Fsp3) is 1.00. The minimum absolute atomic E-state index is 0.167. The van der Waals surface area contributed by atoms with E-state index in [-0.39, 0.29) is 6.61 Å². The summed E-state index contributed by atoms with van der Waals surface area (Å²) in [7, 11) is 0. The topological polar surface area (TPSA) is 66.8 Å². The summed E-state index contributed by atoms with van der Waals surface area (Å²) in [6, 6.07) is 0. The molecule has 0 aromatic rings. The van der Waals surface area contributed by atoms with Gasteiger partial charge in [-0.1, -0.05) is 0 Å². The number of hydrogen-bond donors (Lipinski definition) is 2. The van der Waals surface area contributed by atoms with Gasteiger partial charge in [-0.3, -0.25) is 0 Å². The van der Waals surface area contributed by atoms with Gasteiger partial charge in [0.1, 0.15) is 0 Å². The first-order valence-electron chi connectivity index (χ1n) is 2.76. The van der Waals surface area contributed by atoms with Gasteiger partial charge < -0.3 is 0 Å². The molecule has 0 aliphatic rings. The number of rotatable bonds is 4. The molecule has 5 heteroatoms. The molecule has 56 valence electrons. The second-order valence-electron chi connectivity index (χ2n) is 1.68. The van der Waals surface area contributed by atoms with E-state index in [1.54, 1.807) is 0 Å². The van der Waals surface area contributed by atoms with Crippen molar-refractivity contribution in [3.8, 4) is 0 Å². The third-order valence-electron chi connectivity index (χ3n) is 0.757. The molecule has 0 amide bonds. The third kappa shape index (κ3) is 8.24. The Labute approximate surface area is 57.2 Å². The van der Waals surface area contributed by atoms with Crippen molar-refractivity contribution in [2.45, 2.75) is 19.8 Å². The van der Waals surface area contributed by atoms with E-state index in [9.17, 15) is 3.74 Å². The summed E-state index contributed by atoms with van der Waals surface area (Å²) in [5.74, 6) is 0. The molecule has 0 saturated carbocycles. The van der Waals surface area contributed by atoms with Crippen molar-refractivity contribution in [1.29, 1.82) is 0 Å². The van der Waals surface area contributed by atoms with Crippen molar-refractivity contribution in [3.63, 3.8) is 0 Å². The van der Waals surface area contributed by atoms with E-state index in [1.165, 1.54) is 0 Å². The van der Waals surface area contributed by atoms with Gasteiger partial charge in [0, 0.05) is 0 Å². The van der Waals surface area contributed by atoms with Crippen LogP contribution in [0, 0.1) is 0 Å². The second kappa shape index (κ2) is 4.12. The Balaban J connectivity index is 3.18. The molecule has 0 radical (unpaired) electrons. The first-order chi connectivity index (χ1) is 4.06. The molecular weight excluding hydrogens is 187 g/mol. The van der Waals surface area contributed by atoms with Gasteiger partial charge in [0.15, 0.2) is 0 Å². The molecule has 4 nitrogen and oxygen atoms in total. The second-order valence-corrected chi connectivity index (χ2v) is 4.28. The van der Waals surface area contributed by atoms with Gasteiger partial charge in [0.25, 0.3) is 0 Å². The van der Waals surface area contributed by atoms with Crippen LogP contribution in [0.2, 0.25) is 0 Å². The Morgan fingerprint density at radius 2 is 2.11 bits per heavy atom. The fourth-order valence-corrected chi connectivity index (χ4v) is 1.10. The first kappa shape index (κ1) is 9.24. The van der Waals surface area contributed by atoms with Gasteiger partial charge in [0.2, 0.25) is 0 Å². The first-order valence-corrected chi connectivity index (χ1v) is 5.97. The number of hydrogen-bond acceptors (Lipinski definition) is 2. The minimum atomic E-state index is -4.74. The van der Waals surface area contributed by atoms with Crippen LogP contribution in [0.5, 0.6) is 0 Å². The summed E-state index contributed by atoms with van der Waals surface area (Å²) < 4.78 is 30.6. The molecule has 2 N–H and O–H groups in total. The van der Waals surface area contributed by atoms with Crippen LogP contribution >= 0.6 is 0 Å². The average molecular weight is 198 g/mol. The predicted octanol–water partition coefficient (Wildman–Crippen LogP) is -0.346. The molecular formula is C4H11AsO4. The summed E-state index contributed by atoms with van der Waals surface area (Å²) in [4.78, 5) is 0. The van der Waals surface area contributed by atoms with Crippen molar-refractivity contribution in [2.75, 3.05) is 6.61 Å². The van der Waals surface area contributed by atoms with Crippen molar-refractivity contribution < 1.29 is 15.7 Å². The van der Waals surface area contributed by atoms with E-state index < -0.39 is 14.5 Å². The summed E-state index contributed by atoms with van der Waals surface area (Å²) in [6.07, 6.45) is 1.59. The van der Waals surface area contributed by atoms with E-state index in [0.717, 1.165) is 6.42 Å². The molecule has 0 heterocycles. The molecule has 0 bridgehead atoms. The summed E-state index contributed by atoms with van der Waals surface area (Å²) in [6.45, 7) is 2.09. The van der Waals surface area contributed by atoms with Gasteiger partial charge >= 0.3 is 56.5 Å². The fourth-order valence-electron chi connectivity index (χ4n) is 0.328. The molecule has 0 rings (SSSR count). The zero-order chi connectivity index (χ0) is 7.33. The van der Waals surface area contributed by atoms with Gasteiger partial charge in [0.05, 0.1) is 0 Å². The molecule has 0 aromatic carbocycles. The molecule has 0 aliphatic carbocycles. The van der Waals surface area contributed by atoms with Crippen LogP contribution in [0.25, 0.3) is 0 Å². The van der Waals surface area contributed by atoms with Crippen LogP contribution in [0.3, 0.4) is 0 Å². The maximum absolute atomic E-state index is 10.0. The molecule has 0 unspecified atom stereocenters. The third-order valence-corrected chi connectivity index (χ3v) is 1.85. The van der Waals surface area contributed by atoms with E-state index in [4.69, 9.17) is 8.19 Å². The van der Waals surface area contributed by atoms with E-state index in [0.29, 0.717) is 6.42 Å². The monoisotopic (exact) mass is 198 g/mol. The Kier molecular flexibility index (Phi) is 4.23. The van der Waals surface area contributed by atoms with E-state index >= 15 is 0 Å². The Bertz CT molecular complexity index is 107. The average Bonchev–Trinajstić information content (AvgIpc) is 1.63. The standard InChI is InChI=1S/C4H11AsO4/c1-2-3-4-9-5(6,7)8/h2-4H2,1H3,(H2,6,7,8). The molecule has 9 heavy (non-hydrogen) atoms. The Hall–Kier alpha value is 0.238. The van der Waals surface area contributed by atoms with Crippen molar-refractivity contribution in [3.05, 3.63) is 0 Å². The zero-order valence-electron chi connectivity index (χ0n) is 5.28. The van der Waals surface area contributed by atoms with E-state index in [2.05, 4.69) is 3.73 Å². The normalized spacial score (nSPS) is 11.9. The Morgan fingerprint density at radius 1 is 1.56 bits per heavy atom. The maximum atomic E-state index is 10.0. The molecule has 0 atom stereocenters. The van der Waals surface area contributed by atoms with Crippen LogP contribution in [-0.4, -0.2) is 29.3 Å². The molecule has 0 aliphatic heterocycles. The summed E-state index contributed by atoms with van der Waals surface area (Å²) in [5, 5.41) is 0. The van der Waals surface area contributed by atoms with Crippen molar-refractivity contribution >= 4 is 14.5 Å². The van der Waals surface area contributed by atoms with E-state index in [1.807, 2.05) is 6.92 Å². The van der Waals surface area contributed by atoms with Crippen LogP contribution in [0.15, 0.2) is 0 Å². The summed E-state index contributed by atoms with van der Waals surface area (Å²) >= 11 is -4.74. The Morgan fingerprint density at radius 3 is 2.44 bits per heavy atom. The zero-order valence-corrected chi connectivity index (χ0v) is 7.16. The molecule has 0 aromatic heterocycles. The van der Waals surface area contributed by atoms with Crippen LogP contribution in [0.1, 0.15) is 19.8 Å². The van der Waals surface area contributed by atoms with Crippen molar-refractivity contribution in [1.82, 2.24) is 0 Å². The molecule has 0 spiro atoms. The van der Waals surface area contributed by atoms with Crippen LogP contribution in [-0.2, 0) is 7.47 Å². The molecule has 0 fully saturated rings. The van der Waals surface area contributed by atoms with Crippen LogP contribution < -0.4 is 0 Å². The van der Waals surface area contributed by atoms with Crippen molar-refractivity contribution in [2.24, 2.45) is 0 Å². The molecule has 0 saturated heterocycles. The SMILES string of the molecule is CCCCO[As](=O)(O)O. The van der Waals surface area contributed by atoms with Crippen LogP contribution in [0.4, 0.5) is 0 Å². The summed E-state index contributed by atoms with van der Waals surface area (Å²) in [5.41, 5.74) is 0. The predicted molar refractivity (Wildman–Crippen MR) is 31.7 cm³/mol. The number of unbranched alkanes of at least 4 members (excludes halogenated alkanes) is 1. The van der Waals surface area contributed by atoms with Gasteiger partial charge in [-0.25, -0.2) is 0 Å². The van der Waals surface area contributed by atoms with Gasteiger partial charge in [-0.05, 0) is 0 Å². The van der Waals surface area contributed by atoms with Gasteiger partial charge in [-0.15, -0.1) is 0 Å².